The van der Waals surface area contributed by atoms with Crippen LogP contribution in [-0.2, 0) is 0 Å². The number of aromatic nitrogens is 2. The van der Waals surface area contributed by atoms with Gasteiger partial charge in [0.15, 0.2) is 5.78 Å². The number of allylic oxidation sites excluding steroid dienone is 1. The second-order valence-electron chi connectivity index (χ2n) is 6.47. The first-order valence-corrected chi connectivity index (χ1v) is 8.69. The molecule has 3 N–H and O–H groups in total. The maximum absolute atomic E-state index is 13.2. The molecule has 1 unspecified atom stereocenters. The number of rotatable bonds is 1. The standard InChI is InChI=1S/C20H12ClN3O3/c21-10-7-5-9(6-8-10)13-14-16(11-3-1-2-4-12(11)17(14)25)22-18-15(13)19(26)24-20(27)23-18/h1-8,13H,(H3,22,23,24,26,27). The molecule has 0 amide bonds. The van der Waals surface area contributed by atoms with Crippen LogP contribution in [0.4, 0.5) is 5.82 Å². The summed E-state index contributed by atoms with van der Waals surface area (Å²) in [4.78, 5) is 42.5. The summed E-state index contributed by atoms with van der Waals surface area (Å²) in [7, 11) is 0. The maximum Gasteiger partial charge on any atom is 0.327 e. The van der Waals surface area contributed by atoms with E-state index in [0.717, 1.165) is 11.1 Å². The van der Waals surface area contributed by atoms with E-state index in [9.17, 15) is 14.4 Å². The molecule has 1 aliphatic carbocycles. The summed E-state index contributed by atoms with van der Waals surface area (Å²) in [6, 6.07) is 14.2. The smallest absolute Gasteiger partial charge is 0.327 e. The van der Waals surface area contributed by atoms with Crippen LogP contribution in [0.15, 0.2) is 63.7 Å². The summed E-state index contributed by atoms with van der Waals surface area (Å²) in [6.07, 6.45) is 0. The first-order valence-electron chi connectivity index (χ1n) is 8.32. The lowest BCUT2D eigenvalue weighted by atomic mass is 9.82. The minimum Gasteiger partial charge on any atom is -0.340 e. The predicted octanol–water partition coefficient (Wildman–Crippen LogP) is 2.88. The third kappa shape index (κ3) is 2.23. The van der Waals surface area contributed by atoms with Gasteiger partial charge in [-0.1, -0.05) is 48.0 Å². The zero-order valence-electron chi connectivity index (χ0n) is 13.8. The second-order valence-corrected chi connectivity index (χ2v) is 6.91. The number of H-pyrrole nitrogens is 2. The lowest BCUT2D eigenvalue weighted by molar-refractivity contribution is 0.103. The van der Waals surface area contributed by atoms with Crippen LogP contribution in [0.3, 0.4) is 0 Å². The fraction of sp³-hybridized carbons (Fsp3) is 0.0500. The molecule has 0 saturated heterocycles. The molecule has 7 heteroatoms. The third-order valence-electron chi connectivity index (χ3n) is 4.97. The monoisotopic (exact) mass is 377 g/mol. The van der Waals surface area contributed by atoms with Gasteiger partial charge in [-0.3, -0.25) is 19.6 Å². The van der Waals surface area contributed by atoms with Crippen LogP contribution in [0.1, 0.15) is 33.0 Å². The number of ketones is 1. The predicted molar refractivity (Wildman–Crippen MR) is 102 cm³/mol. The number of fused-ring (bicyclic) bond motifs is 3. The number of carbonyl (C=O) groups is 1. The Kier molecular flexibility index (Phi) is 3.26. The maximum atomic E-state index is 13.2. The van der Waals surface area contributed by atoms with Gasteiger partial charge >= 0.3 is 5.69 Å². The number of hydrogen-bond acceptors (Lipinski definition) is 4. The Bertz CT molecular complexity index is 1270. The van der Waals surface area contributed by atoms with Gasteiger partial charge in [0.25, 0.3) is 5.56 Å². The van der Waals surface area contributed by atoms with Gasteiger partial charge in [-0.05, 0) is 17.7 Å². The van der Waals surface area contributed by atoms with Crippen LogP contribution in [0.5, 0.6) is 0 Å². The van der Waals surface area contributed by atoms with E-state index in [2.05, 4.69) is 15.3 Å². The van der Waals surface area contributed by atoms with E-state index in [4.69, 9.17) is 11.6 Å². The number of nitrogens with one attached hydrogen (secondary N) is 3. The number of anilines is 1. The Balaban J connectivity index is 1.84. The van der Waals surface area contributed by atoms with Crippen molar-refractivity contribution in [3.63, 3.8) is 0 Å². The zero-order chi connectivity index (χ0) is 18.7. The molecular formula is C20H12ClN3O3. The molecular weight excluding hydrogens is 366 g/mol. The van der Waals surface area contributed by atoms with Crippen molar-refractivity contribution in [1.29, 1.82) is 0 Å². The van der Waals surface area contributed by atoms with Crippen LogP contribution in [0.2, 0.25) is 5.02 Å². The average molecular weight is 378 g/mol. The molecule has 0 radical (unpaired) electrons. The fourth-order valence-electron chi connectivity index (χ4n) is 3.84. The summed E-state index contributed by atoms with van der Waals surface area (Å²) in [6.45, 7) is 0. The highest BCUT2D eigenvalue weighted by atomic mass is 35.5. The summed E-state index contributed by atoms with van der Waals surface area (Å²) < 4.78 is 0. The Morgan fingerprint density at radius 2 is 1.56 bits per heavy atom. The Labute approximate surface area is 157 Å². The molecule has 2 aliphatic rings. The van der Waals surface area contributed by atoms with Crippen molar-refractivity contribution in [3.05, 3.63) is 102 Å². The van der Waals surface area contributed by atoms with Gasteiger partial charge in [0.2, 0.25) is 0 Å². The number of aromatic amines is 2. The summed E-state index contributed by atoms with van der Waals surface area (Å²) in [5.41, 5.74) is 2.33. The normalized spacial score (nSPS) is 17.2. The minimum absolute atomic E-state index is 0.135. The van der Waals surface area contributed by atoms with Crippen LogP contribution in [-0.4, -0.2) is 15.8 Å². The molecule has 3 aromatic rings. The Morgan fingerprint density at radius 3 is 2.30 bits per heavy atom. The molecule has 0 fully saturated rings. The lowest BCUT2D eigenvalue weighted by Gasteiger charge is -2.27. The van der Waals surface area contributed by atoms with Crippen molar-refractivity contribution >= 4 is 28.9 Å². The van der Waals surface area contributed by atoms with Crippen molar-refractivity contribution in [2.45, 2.75) is 5.92 Å². The number of benzene rings is 2. The summed E-state index contributed by atoms with van der Waals surface area (Å²) in [5.74, 6) is -0.453. The van der Waals surface area contributed by atoms with Crippen molar-refractivity contribution in [3.8, 4) is 0 Å². The highest BCUT2D eigenvalue weighted by molar-refractivity contribution is 6.30. The number of carbonyl (C=O) groups excluding carboxylic acids is 1. The molecule has 0 saturated carbocycles. The van der Waals surface area contributed by atoms with E-state index in [0.29, 0.717) is 33.2 Å². The molecule has 2 aromatic carbocycles. The summed E-state index contributed by atoms with van der Waals surface area (Å²) >= 11 is 6.01. The molecule has 132 valence electrons. The highest BCUT2D eigenvalue weighted by Gasteiger charge is 2.41. The van der Waals surface area contributed by atoms with E-state index in [1.54, 1.807) is 36.4 Å². The number of Topliss-reactive ketones (excluding diaryl/α,β-unsaturated/α-hetero) is 1. The zero-order valence-corrected chi connectivity index (χ0v) is 14.6. The van der Waals surface area contributed by atoms with Gasteiger partial charge in [-0.25, -0.2) is 4.79 Å². The van der Waals surface area contributed by atoms with E-state index < -0.39 is 17.2 Å². The molecule has 0 bridgehead atoms. The Morgan fingerprint density at radius 1 is 0.852 bits per heavy atom. The van der Waals surface area contributed by atoms with E-state index in [1.807, 2.05) is 12.1 Å². The van der Waals surface area contributed by atoms with E-state index >= 15 is 0 Å². The van der Waals surface area contributed by atoms with Crippen molar-refractivity contribution in [1.82, 2.24) is 9.97 Å². The fourth-order valence-corrected chi connectivity index (χ4v) is 3.97. The molecule has 5 rings (SSSR count). The van der Waals surface area contributed by atoms with Crippen LogP contribution in [0.25, 0.3) is 5.70 Å². The molecule has 0 spiro atoms. The largest absolute Gasteiger partial charge is 0.340 e. The van der Waals surface area contributed by atoms with Crippen LogP contribution in [0, 0.1) is 0 Å². The van der Waals surface area contributed by atoms with Gasteiger partial charge in [-0.2, -0.15) is 0 Å². The molecule has 27 heavy (non-hydrogen) atoms. The van der Waals surface area contributed by atoms with E-state index in [-0.39, 0.29) is 5.78 Å². The molecule has 1 aliphatic heterocycles. The minimum atomic E-state index is -0.617. The Hall–Kier alpha value is -3.38. The van der Waals surface area contributed by atoms with Crippen molar-refractivity contribution in [2.24, 2.45) is 0 Å². The van der Waals surface area contributed by atoms with Crippen LogP contribution >= 0.6 is 11.6 Å². The van der Waals surface area contributed by atoms with Crippen LogP contribution < -0.4 is 16.6 Å². The van der Waals surface area contributed by atoms with Crippen molar-refractivity contribution < 1.29 is 4.79 Å². The highest BCUT2D eigenvalue weighted by Crippen LogP contribution is 2.47. The van der Waals surface area contributed by atoms with E-state index in [1.165, 1.54) is 0 Å². The molecule has 1 aromatic heterocycles. The van der Waals surface area contributed by atoms with Gasteiger partial charge in [-0.15, -0.1) is 0 Å². The number of halogens is 1. The lowest BCUT2D eigenvalue weighted by Crippen LogP contribution is -2.33. The first-order chi connectivity index (χ1) is 13.0. The van der Waals surface area contributed by atoms with Gasteiger partial charge in [0, 0.05) is 27.6 Å². The SMILES string of the molecule is O=C1C2=C(Nc3[nH]c(=O)[nH]c(=O)c3C2c2ccc(Cl)cc2)c2ccccc21. The van der Waals surface area contributed by atoms with Crippen molar-refractivity contribution in [2.75, 3.05) is 5.32 Å². The summed E-state index contributed by atoms with van der Waals surface area (Å²) in [5, 5.41) is 3.65. The topological polar surface area (TPSA) is 94.8 Å². The molecule has 1 atom stereocenters. The van der Waals surface area contributed by atoms with Gasteiger partial charge < -0.3 is 5.32 Å². The second kappa shape index (κ2) is 5.56. The average Bonchev–Trinajstić information content (AvgIpc) is 2.93. The first kappa shape index (κ1) is 15.8. The molecule has 2 heterocycles. The number of hydrogen-bond donors (Lipinski definition) is 3. The quantitative estimate of drug-likeness (QED) is 0.607. The van der Waals surface area contributed by atoms with Gasteiger partial charge in [0.1, 0.15) is 5.82 Å². The molecule has 6 nitrogen and oxygen atoms in total. The third-order valence-corrected chi connectivity index (χ3v) is 5.22. The van der Waals surface area contributed by atoms with Gasteiger partial charge in [0.05, 0.1) is 11.3 Å².